The zero-order valence-electron chi connectivity index (χ0n) is 14.7. The number of rotatable bonds is 5. The van der Waals surface area contributed by atoms with Crippen LogP contribution in [0.5, 0.6) is 11.5 Å². The van der Waals surface area contributed by atoms with Crippen molar-refractivity contribution in [2.75, 3.05) is 13.2 Å². The van der Waals surface area contributed by atoms with Gasteiger partial charge in [0.05, 0.1) is 18.3 Å². The summed E-state index contributed by atoms with van der Waals surface area (Å²) in [7, 11) is 0. The highest BCUT2D eigenvalue weighted by Crippen LogP contribution is 2.30. The number of nitrogens with one attached hydrogen (secondary N) is 1. The van der Waals surface area contributed by atoms with E-state index in [0.717, 1.165) is 16.8 Å². The molecule has 27 heavy (non-hydrogen) atoms. The Balaban J connectivity index is 1.37. The van der Waals surface area contributed by atoms with Crippen LogP contribution in [-0.2, 0) is 17.9 Å². The van der Waals surface area contributed by atoms with Gasteiger partial charge in [-0.1, -0.05) is 18.2 Å². The van der Waals surface area contributed by atoms with Gasteiger partial charge in [0, 0.05) is 18.4 Å². The maximum atomic E-state index is 12.2. The second-order valence-electron chi connectivity index (χ2n) is 6.25. The van der Waals surface area contributed by atoms with Gasteiger partial charge in [-0.2, -0.15) is 5.10 Å². The molecule has 2 aromatic carbocycles. The van der Waals surface area contributed by atoms with Gasteiger partial charge in [0.1, 0.15) is 13.2 Å². The highest BCUT2D eigenvalue weighted by atomic mass is 16.6. The summed E-state index contributed by atoms with van der Waals surface area (Å²) in [6, 6.07) is 12.9. The number of nitrogens with zero attached hydrogens (tertiary/aromatic N) is 2. The first-order chi connectivity index (χ1) is 13.2. The molecule has 0 spiro atoms. The number of hydrogen-bond donors (Lipinski definition) is 1. The summed E-state index contributed by atoms with van der Waals surface area (Å²) in [6.45, 7) is 1.89. The fourth-order valence-electron chi connectivity index (χ4n) is 3.03. The van der Waals surface area contributed by atoms with Crippen LogP contribution in [0.4, 0.5) is 0 Å². The van der Waals surface area contributed by atoms with Gasteiger partial charge < -0.3 is 14.8 Å². The molecule has 138 valence electrons. The predicted molar refractivity (Wildman–Crippen MR) is 99.9 cm³/mol. The molecular formula is C20H19N3O4. The molecule has 2 heterocycles. The molecule has 0 bridgehead atoms. The maximum Gasteiger partial charge on any atom is 0.222 e. The van der Waals surface area contributed by atoms with Crippen LogP contribution >= 0.6 is 0 Å². The molecule has 0 unspecified atom stereocenters. The first kappa shape index (κ1) is 17.1. The van der Waals surface area contributed by atoms with Crippen molar-refractivity contribution >= 4 is 16.8 Å². The smallest absolute Gasteiger partial charge is 0.222 e. The van der Waals surface area contributed by atoms with Crippen molar-refractivity contribution < 1.29 is 14.3 Å². The molecule has 1 aromatic heterocycles. The lowest BCUT2D eigenvalue weighted by Gasteiger charge is -2.19. The summed E-state index contributed by atoms with van der Waals surface area (Å²) in [5.74, 6) is 1.35. The minimum Gasteiger partial charge on any atom is -0.486 e. The second-order valence-corrected chi connectivity index (χ2v) is 6.25. The van der Waals surface area contributed by atoms with E-state index in [-0.39, 0.29) is 17.8 Å². The Morgan fingerprint density at radius 3 is 2.81 bits per heavy atom. The Kier molecular flexibility index (Phi) is 4.74. The van der Waals surface area contributed by atoms with Crippen LogP contribution in [0.1, 0.15) is 12.0 Å². The summed E-state index contributed by atoms with van der Waals surface area (Å²) in [5, 5.41) is 7.64. The minimum atomic E-state index is -0.120. The van der Waals surface area contributed by atoms with Crippen molar-refractivity contribution in [3.8, 4) is 11.5 Å². The molecular weight excluding hydrogens is 346 g/mol. The average molecular weight is 365 g/mol. The molecule has 1 aliphatic rings. The van der Waals surface area contributed by atoms with Gasteiger partial charge in [-0.25, -0.2) is 0 Å². The average Bonchev–Trinajstić information content (AvgIpc) is 2.72. The predicted octanol–water partition coefficient (Wildman–Crippen LogP) is 1.87. The van der Waals surface area contributed by atoms with Gasteiger partial charge in [0.2, 0.25) is 11.3 Å². The first-order valence-electron chi connectivity index (χ1n) is 8.81. The van der Waals surface area contributed by atoms with Gasteiger partial charge in [-0.3, -0.25) is 14.3 Å². The molecule has 0 fully saturated rings. The lowest BCUT2D eigenvalue weighted by atomic mass is 10.2. The van der Waals surface area contributed by atoms with Crippen molar-refractivity contribution in [3.63, 3.8) is 0 Å². The zero-order valence-corrected chi connectivity index (χ0v) is 14.7. The molecule has 0 radical (unpaired) electrons. The Labute approximate surface area is 155 Å². The largest absolute Gasteiger partial charge is 0.486 e. The number of aromatic nitrogens is 2. The highest BCUT2D eigenvalue weighted by molar-refractivity contribution is 5.79. The van der Waals surface area contributed by atoms with E-state index in [1.165, 1.54) is 6.20 Å². The second kappa shape index (κ2) is 7.49. The summed E-state index contributed by atoms with van der Waals surface area (Å²) >= 11 is 0. The van der Waals surface area contributed by atoms with Gasteiger partial charge in [0.15, 0.2) is 11.5 Å². The number of carbonyl (C=O) groups excluding carboxylic acids is 1. The van der Waals surface area contributed by atoms with Crippen molar-refractivity contribution in [2.24, 2.45) is 0 Å². The van der Waals surface area contributed by atoms with Crippen LogP contribution in [0.3, 0.4) is 0 Å². The van der Waals surface area contributed by atoms with Crippen LogP contribution in [-0.4, -0.2) is 28.9 Å². The van der Waals surface area contributed by atoms with Crippen LogP contribution in [0.25, 0.3) is 10.9 Å². The van der Waals surface area contributed by atoms with Gasteiger partial charge in [-0.15, -0.1) is 0 Å². The lowest BCUT2D eigenvalue weighted by molar-refractivity contribution is -0.121. The monoisotopic (exact) mass is 365 g/mol. The summed E-state index contributed by atoms with van der Waals surface area (Å²) in [6.07, 6.45) is 1.56. The standard InChI is InChI=1S/C20H19N3O4/c24-17-13-22-23(16-4-2-1-3-15(16)17)8-7-20(25)21-12-14-5-6-18-19(11-14)27-10-9-26-18/h1-6,11,13H,7-10,12H2,(H,21,25). The van der Waals surface area contributed by atoms with Crippen molar-refractivity contribution in [1.29, 1.82) is 0 Å². The number of fused-ring (bicyclic) bond motifs is 2. The van der Waals surface area contributed by atoms with E-state index < -0.39 is 0 Å². The molecule has 7 heteroatoms. The van der Waals surface area contributed by atoms with E-state index in [2.05, 4.69) is 10.4 Å². The topological polar surface area (TPSA) is 82.5 Å². The molecule has 0 aliphatic carbocycles. The third-order valence-electron chi connectivity index (χ3n) is 4.41. The normalized spacial score (nSPS) is 12.7. The number of amides is 1. The van der Waals surface area contributed by atoms with Crippen LogP contribution < -0.4 is 20.2 Å². The SMILES string of the molecule is O=C(CCn1ncc(=O)c2ccccc21)NCc1ccc2c(c1)OCCO2. The molecule has 0 saturated heterocycles. The molecule has 1 amide bonds. The van der Waals surface area contributed by atoms with Gasteiger partial charge >= 0.3 is 0 Å². The molecule has 3 aromatic rings. The van der Waals surface area contributed by atoms with Crippen molar-refractivity contribution in [2.45, 2.75) is 19.5 Å². The fourth-order valence-corrected chi connectivity index (χ4v) is 3.03. The van der Waals surface area contributed by atoms with Crippen molar-refractivity contribution in [1.82, 2.24) is 15.1 Å². The van der Waals surface area contributed by atoms with Crippen molar-refractivity contribution in [3.05, 3.63) is 64.4 Å². The van der Waals surface area contributed by atoms with E-state index in [0.29, 0.717) is 37.4 Å². The molecule has 0 atom stereocenters. The van der Waals surface area contributed by atoms with E-state index in [4.69, 9.17) is 9.47 Å². The minimum absolute atomic E-state index is 0.0885. The third-order valence-corrected chi connectivity index (χ3v) is 4.41. The molecule has 1 aliphatic heterocycles. The summed E-state index contributed by atoms with van der Waals surface area (Å²) in [4.78, 5) is 24.1. The fraction of sp³-hybridized carbons (Fsp3) is 0.250. The Morgan fingerprint density at radius 2 is 1.93 bits per heavy atom. The highest BCUT2D eigenvalue weighted by Gasteiger charge is 2.12. The summed E-state index contributed by atoms with van der Waals surface area (Å²) < 4.78 is 12.7. The molecule has 7 nitrogen and oxygen atoms in total. The molecule has 4 rings (SSSR count). The molecule has 1 N–H and O–H groups in total. The van der Waals surface area contributed by atoms with E-state index >= 15 is 0 Å². The number of aryl methyl sites for hydroxylation is 1. The van der Waals surface area contributed by atoms with Gasteiger partial charge in [-0.05, 0) is 29.8 Å². The Morgan fingerprint density at radius 1 is 1.11 bits per heavy atom. The van der Waals surface area contributed by atoms with Crippen LogP contribution in [0.15, 0.2) is 53.5 Å². The van der Waals surface area contributed by atoms with Crippen LogP contribution in [0.2, 0.25) is 0 Å². The third kappa shape index (κ3) is 3.76. The number of para-hydroxylation sites is 1. The number of hydrogen-bond acceptors (Lipinski definition) is 5. The number of carbonyl (C=O) groups is 1. The maximum absolute atomic E-state index is 12.2. The Hall–Kier alpha value is -3.35. The Bertz CT molecular complexity index is 1040. The first-order valence-corrected chi connectivity index (χ1v) is 8.81. The summed E-state index contributed by atoms with van der Waals surface area (Å²) in [5.41, 5.74) is 1.55. The lowest BCUT2D eigenvalue weighted by Crippen LogP contribution is -2.25. The van der Waals surface area contributed by atoms with E-state index in [1.807, 2.05) is 36.4 Å². The van der Waals surface area contributed by atoms with Crippen LogP contribution in [0, 0.1) is 0 Å². The quantitative estimate of drug-likeness (QED) is 0.746. The zero-order chi connectivity index (χ0) is 18.6. The van der Waals surface area contributed by atoms with E-state index in [9.17, 15) is 9.59 Å². The van der Waals surface area contributed by atoms with E-state index in [1.54, 1.807) is 10.7 Å². The van der Waals surface area contributed by atoms with Gasteiger partial charge in [0.25, 0.3) is 0 Å². The number of ether oxygens (including phenoxy) is 2. The number of benzene rings is 2. The molecule has 0 saturated carbocycles.